The molecule has 2 aliphatic heterocycles. The van der Waals surface area contributed by atoms with E-state index < -0.39 is 12.1 Å². The standard InChI is InChI=1S/C24H27FN4O2.C8H8O3/c1-16-24(30)27-21-5-2-6-22(23(21)31-16)29-12-10-28(11-13-29)9-3-4-17-15-26-20-8-7-18(25)14-19(17)20;1-5-2-3-7(9)6(4-5)8(10)11/h2,5-8,14-16,26H,3-4,9-13H2,1H3,(H,27,30);2-4,9H,1H3,(H,10,11). The van der Waals surface area contributed by atoms with Crippen LogP contribution in [0.4, 0.5) is 15.8 Å². The quantitative estimate of drug-likeness (QED) is 0.251. The third-order valence-electron chi connectivity index (χ3n) is 7.66. The monoisotopic (exact) mass is 574 g/mol. The van der Waals surface area contributed by atoms with Crippen LogP contribution in [0.2, 0.25) is 0 Å². The molecule has 3 aromatic carbocycles. The van der Waals surface area contributed by atoms with Gasteiger partial charge in [0.15, 0.2) is 11.9 Å². The lowest BCUT2D eigenvalue weighted by Crippen LogP contribution is -2.47. The number of carboxylic acids is 1. The van der Waals surface area contributed by atoms with E-state index in [9.17, 15) is 14.0 Å². The lowest BCUT2D eigenvalue weighted by atomic mass is 10.1. The lowest BCUT2D eigenvalue weighted by Gasteiger charge is -2.38. The number of ether oxygens (including phenoxy) is 1. The van der Waals surface area contributed by atoms with Crippen molar-refractivity contribution in [1.29, 1.82) is 0 Å². The molecule has 10 heteroatoms. The molecule has 4 aromatic rings. The number of carbonyl (C=O) groups is 2. The number of phenols is 1. The Balaban J connectivity index is 0.000000271. The van der Waals surface area contributed by atoms with Gasteiger partial charge in [-0.1, -0.05) is 17.7 Å². The summed E-state index contributed by atoms with van der Waals surface area (Å²) in [6.45, 7) is 8.36. The molecule has 1 fully saturated rings. The molecular formula is C32H35FN4O5. The predicted octanol–water partition coefficient (Wildman–Crippen LogP) is 5.18. The number of benzene rings is 3. The number of carbonyl (C=O) groups excluding carboxylic acids is 1. The number of aromatic carboxylic acids is 1. The van der Waals surface area contributed by atoms with Crippen molar-refractivity contribution in [2.45, 2.75) is 32.8 Å². The zero-order valence-corrected chi connectivity index (χ0v) is 23.7. The summed E-state index contributed by atoms with van der Waals surface area (Å²) in [5, 5.41) is 21.5. The number of aromatic hydroxyl groups is 1. The Hall–Kier alpha value is -4.57. The number of anilines is 2. The highest BCUT2D eigenvalue weighted by molar-refractivity contribution is 5.99. The number of fused-ring (bicyclic) bond motifs is 2. The second-order valence-corrected chi connectivity index (χ2v) is 10.7. The summed E-state index contributed by atoms with van der Waals surface area (Å²) in [5.74, 6) is -0.818. The van der Waals surface area contributed by atoms with Gasteiger partial charge in [-0.25, -0.2) is 9.18 Å². The van der Waals surface area contributed by atoms with Gasteiger partial charge in [0.05, 0.1) is 11.4 Å². The van der Waals surface area contributed by atoms with Gasteiger partial charge in [0.25, 0.3) is 5.91 Å². The number of hydrogen-bond donors (Lipinski definition) is 4. The van der Waals surface area contributed by atoms with E-state index in [0.717, 1.165) is 79.2 Å². The number of amides is 1. The summed E-state index contributed by atoms with van der Waals surface area (Å²) in [6.07, 6.45) is 3.49. The Labute approximate surface area is 243 Å². The van der Waals surface area contributed by atoms with Crippen molar-refractivity contribution in [3.8, 4) is 11.5 Å². The fraction of sp³-hybridized carbons (Fsp3) is 0.312. The van der Waals surface area contributed by atoms with Crippen LogP contribution in [0, 0.1) is 12.7 Å². The molecule has 6 rings (SSSR count). The van der Waals surface area contributed by atoms with Crippen LogP contribution >= 0.6 is 0 Å². The van der Waals surface area contributed by atoms with Gasteiger partial charge < -0.3 is 30.2 Å². The van der Waals surface area contributed by atoms with Crippen molar-refractivity contribution >= 4 is 34.2 Å². The molecule has 0 spiro atoms. The summed E-state index contributed by atoms with van der Waals surface area (Å²) < 4.78 is 19.5. The highest BCUT2D eigenvalue weighted by Gasteiger charge is 2.28. The molecule has 2 aliphatic rings. The fourth-order valence-electron chi connectivity index (χ4n) is 5.34. The largest absolute Gasteiger partial charge is 0.507 e. The Bertz CT molecular complexity index is 1600. The number of piperazine rings is 1. The number of aromatic nitrogens is 1. The molecule has 1 saturated heterocycles. The number of aryl methyl sites for hydroxylation is 2. The number of nitrogens with one attached hydrogen (secondary N) is 2. The van der Waals surface area contributed by atoms with Crippen molar-refractivity contribution in [2.24, 2.45) is 0 Å². The molecule has 4 N–H and O–H groups in total. The fourth-order valence-corrected chi connectivity index (χ4v) is 5.34. The van der Waals surface area contributed by atoms with E-state index in [1.54, 1.807) is 32.0 Å². The summed E-state index contributed by atoms with van der Waals surface area (Å²) in [6, 6.07) is 15.3. The normalized spacial score (nSPS) is 16.7. The summed E-state index contributed by atoms with van der Waals surface area (Å²) in [7, 11) is 0. The number of H-pyrrole nitrogens is 1. The molecule has 0 bridgehead atoms. The zero-order valence-electron chi connectivity index (χ0n) is 23.7. The first kappa shape index (κ1) is 28.9. The van der Waals surface area contributed by atoms with Crippen LogP contribution in [0.1, 0.15) is 34.8 Å². The van der Waals surface area contributed by atoms with Gasteiger partial charge >= 0.3 is 5.97 Å². The van der Waals surface area contributed by atoms with Crippen LogP contribution in [0.15, 0.2) is 60.8 Å². The maximum Gasteiger partial charge on any atom is 0.339 e. The first-order valence-electron chi connectivity index (χ1n) is 14.1. The molecular weight excluding hydrogens is 539 g/mol. The third-order valence-corrected chi connectivity index (χ3v) is 7.66. The van der Waals surface area contributed by atoms with E-state index in [1.807, 2.05) is 18.3 Å². The first-order valence-corrected chi connectivity index (χ1v) is 14.1. The smallest absolute Gasteiger partial charge is 0.339 e. The van der Waals surface area contributed by atoms with Gasteiger partial charge in [0.2, 0.25) is 0 Å². The Morgan fingerprint density at radius 3 is 2.62 bits per heavy atom. The molecule has 1 aromatic heterocycles. The van der Waals surface area contributed by atoms with Crippen molar-refractivity contribution < 1.29 is 28.9 Å². The second kappa shape index (κ2) is 12.5. The Morgan fingerprint density at radius 2 is 1.88 bits per heavy atom. The molecule has 0 saturated carbocycles. The van der Waals surface area contributed by atoms with Crippen LogP contribution in [0.25, 0.3) is 10.9 Å². The number of nitrogens with zero attached hydrogens (tertiary/aromatic N) is 2. The average Bonchev–Trinajstić information content (AvgIpc) is 3.37. The number of aromatic amines is 1. The Morgan fingerprint density at radius 1 is 1.10 bits per heavy atom. The predicted molar refractivity (Wildman–Crippen MR) is 160 cm³/mol. The first-order chi connectivity index (χ1) is 20.2. The summed E-state index contributed by atoms with van der Waals surface area (Å²) in [4.78, 5) is 30.3. The van der Waals surface area contributed by atoms with Gasteiger partial charge in [-0.15, -0.1) is 0 Å². The van der Waals surface area contributed by atoms with Crippen LogP contribution in [0.3, 0.4) is 0 Å². The van der Waals surface area contributed by atoms with Gasteiger partial charge in [-0.3, -0.25) is 9.69 Å². The summed E-state index contributed by atoms with van der Waals surface area (Å²) >= 11 is 0. The van der Waals surface area contributed by atoms with E-state index in [2.05, 4.69) is 26.2 Å². The van der Waals surface area contributed by atoms with Crippen molar-refractivity contribution in [3.05, 3.63) is 83.3 Å². The van der Waals surface area contributed by atoms with Gasteiger partial charge in [-0.05, 0) is 81.3 Å². The third kappa shape index (κ3) is 6.49. The van der Waals surface area contributed by atoms with E-state index in [-0.39, 0.29) is 23.0 Å². The number of carboxylic acid groups (broad SMARTS) is 1. The molecule has 3 heterocycles. The number of para-hydroxylation sites is 1. The van der Waals surface area contributed by atoms with Crippen LogP contribution in [-0.4, -0.2) is 70.8 Å². The van der Waals surface area contributed by atoms with Crippen LogP contribution in [0.5, 0.6) is 11.5 Å². The molecule has 1 unspecified atom stereocenters. The van der Waals surface area contributed by atoms with Gasteiger partial charge in [0.1, 0.15) is 17.1 Å². The van der Waals surface area contributed by atoms with Gasteiger partial charge in [-0.2, -0.15) is 0 Å². The maximum atomic E-state index is 13.6. The molecule has 220 valence electrons. The van der Waals surface area contributed by atoms with E-state index in [1.165, 1.54) is 23.8 Å². The molecule has 0 aliphatic carbocycles. The van der Waals surface area contributed by atoms with E-state index in [4.69, 9.17) is 14.9 Å². The van der Waals surface area contributed by atoms with Crippen molar-refractivity contribution in [2.75, 3.05) is 42.9 Å². The topological polar surface area (TPSA) is 118 Å². The molecule has 42 heavy (non-hydrogen) atoms. The van der Waals surface area contributed by atoms with Crippen LogP contribution < -0.4 is 15.0 Å². The molecule has 0 radical (unpaired) electrons. The highest BCUT2D eigenvalue weighted by Crippen LogP contribution is 2.39. The maximum absolute atomic E-state index is 13.6. The van der Waals surface area contributed by atoms with Crippen molar-refractivity contribution in [1.82, 2.24) is 9.88 Å². The number of hydrogen-bond acceptors (Lipinski definition) is 6. The van der Waals surface area contributed by atoms with Gasteiger partial charge in [0, 0.05) is 43.3 Å². The molecule has 1 atom stereocenters. The molecule has 9 nitrogen and oxygen atoms in total. The SMILES string of the molecule is CC1Oc2c(cccc2N2CCN(CCCc3c[nH]c4ccc(F)cc34)CC2)NC1=O.Cc1ccc(O)c(C(=O)O)c1. The second-order valence-electron chi connectivity index (χ2n) is 10.7. The zero-order chi connectivity index (χ0) is 29.8. The number of rotatable bonds is 6. The van der Waals surface area contributed by atoms with E-state index >= 15 is 0 Å². The minimum Gasteiger partial charge on any atom is -0.507 e. The molecule has 1 amide bonds. The van der Waals surface area contributed by atoms with E-state index in [0.29, 0.717) is 0 Å². The highest BCUT2D eigenvalue weighted by atomic mass is 19.1. The lowest BCUT2D eigenvalue weighted by molar-refractivity contribution is -0.122. The number of halogens is 1. The summed E-state index contributed by atoms with van der Waals surface area (Å²) in [5.41, 5.74) is 4.73. The minimum absolute atomic E-state index is 0.0509. The van der Waals surface area contributed by atoms with Crippen LogP contribution in [-0.2, 0) is 11.2 Å². The van der Waals surface area contributed by atoms with Crippen molar-refractivity contribution in [3.63, 3.8) is 0 Å². The Kier molecular flexibility index (Phi) is 8.63. The minimum atomic E-state index is -1.11. The average molecular weight is 575 g/mol.